The second-order valence-corrected chi connectivity index (χ2v) is 4.99. The highest BCUT2D eigenvalue weighted by molar-refractivity contribution is 5.73. The molecule has 3 rings (SSSR count). The van der Waals surface area contributed by atoms with Crippen LogP contribution in [0, 0.1) is 0 Å². The first-order valence-corrected chi connectivity index (χ1v) is 7.13. The van der Waals surface area contributed by atoms with E-state index in [1.807, 2.05) is 18.2 Å². The molecule has 7 nitrogen and oxygen atoms in total. The second-order valence-electron chi connectivity index (χ2n) is 4.99. The predicted molar refractivity (Wildman–Crippen MR) is 76.1 cm³/mol. The van der Waals surface area contributed by atoms with Gasteiger partial charge in [-0.1, -0.05) is 6.07 Å². The van der Waals surface area contributed by atoms with Crippen LogP contribution in [0.1, 0.15) is 24.7 Å². The molecule has 1 fully saturated rings. The van der Waals surface area contributed by atoms with Crippen molar-refractivity contribution in [2.24, 2.45) is 0 Å². The number of piperidine rings is 1. The Morgan fingerprint density at radius 3 is 2.46 bits per heavy atom. The van der Waals surface area contributed by atoms with Crippen molar-refractivity contribution in [3.63, 3.8) is 0 Å². The highest BCUT2D eigenvalue weighted by atomic mass is 19.4. The number of rotatable bonds is 2. The fraction of sp³-hybridized carbons (Fsp3) is 0.429. The zero-order chi connectivity index (χ0) is 17.6. The van der Waals surface area contributed by atoms with E-state index in [2.05, 4.69) is 20.5 Å². The number of carboxylic acids is 1. The summed E-state index contributed by atoms with van der Waals surface area (Å²) >= 11 is 0. The molecule has 1 aliphatic heterocycles. The van der Waals surface area contributed by atoms with Gasteiger partial charge in [-0.05, 0) is 38.1 Å². The van der Waals surface area contributed by atoms with Gasteiger partial charge < -0.3 is 14.8 Å². The SMILES string of the molecule is O=C(O)C(F)(F)F.c1ccc(-c2nnc(C3CCNCC3)o2)nc1. The number of hydrogen-bond donors (Lipinski definition) is 2. The lowest BCUT2D eigenvalue weighted by atomic mass is 9.98. The molecular weight excluding hydrogens is 329 g/mol. The predicted octanol–water partition coefficient (Wildman–Crippen LogP) is 2.23. The summed E-state index contributed by atoms with van der Waals surface area (Å²) < 4.78 is 37.4. The molecule has 10 heteroatoms. The van der Waals surface area contributed by atoms with Gasteiger partial charge in [-0.15, -0.1) is 10.2 Å². The molecule has 0 aliphatic carbocycles. The standard InChI is InChI=1S/C12H14N4O.C2HF3O2/c1-2-6-14-10(3-1)12-16-15-11(17-12)9-4-7-13-8-5-9;3-2(4,5)1(6)7/h1-3,6,9,13H,4-5,7-8H2;(H,6,7). The minimum atomic E-state index is -5.08. The van der Waals surface area contributed by atoms with Crippen LogP contribution in [0.5, 0.6) is 0 Å². The first-order chi connectivity index (χ1) is 11.4. The summed E-state index contributed by atoms with van der Waals surface area (Å²) in [7, 11) is 0. The van der Waals surface area contributed by atoms with Crippen LogP contribution >= 0.6 is 0 Å². The molecule has 24 heavy (non-hydrogen) atoms. The topological polar surface area (TPSA) is 101 Å². The van der Waals surface area contributed by atoms with Crippen molar-refractivity contribution in [3.05, 3.63) is 30.3 Å². The molecule has 0 aromatic carbocycles. The maximum Gasteiger partial charge on any atom is 0.490 e. The quantitative estimate of drug-likeness (QED) is 0.861. The zero-order valence-electron chi connectivity index (χ0n) is 12.5. The molecule has 2 aromatic rings. The van der Waals surface area contributed by atoms with Crippen LogP contribution in [0.15, 0.2) is 28.8 Å². The van der Waals surface area contributed by atoms with E-state index < -0.39 is 12.1 Å². The van der Waals surface area contributed by atoms with Crippen LogP contribution in [-0.4, -0.2) is 45.5 Å². The number of pyridine rings is 1. The Morgan fingerprint density at radius 2 is 1.92 bits per heavy atom. The lowest BCUT2D eigenvalue weighted by Crippen LogP contribution is -2.26. The fourth-order valence-corrected chi connectivity index (χ4v) is 2.06. The van der Waals surface area contributed by atoms with E-state index in [1.54, 1.807) is 6.20 Å². The molecule has 2 N–H and O–H groups in total. The minimum Gasteiger partial charge on any atom is -0.475 e. The van der Waals surface area contributed by atoms with Crippen LogP contribution in [0.4, 0.5) is 13.2 Å². The van der Waals surface area contributed by atoms with Crippen LogP contribution < -0.4 is 5.32 Å². The van der Waals surface area contributed by atoms with Gasteiger partial charge in [0.25, 0.3) is 5.89 Å². The van der Waals surface area contributed by atoms with E-state index in [1.165, 1.54) is 0 Å². The maximum atomic E-state index is 10.6. The molecule has 0 unspecified atom stereocenters. The van der Waals surface area contributed by atoms with Crippen molar-refractivity contribution in [2.75, 3.05) is 13.1 Å². The molecular formula is C14H15F3N4O3. The molecule has 0 saturated carbocycles. The number of aliphatic carboxylic acids is 1. The Morgan fingerprint density at radius 1 is 1.25 bits per heavy atom. The third-order valence-corrected chi connectivity index (χ3v) is 3.26. The number of halogens is 3. The lowest BCUT2D eigenvalue weighted by molar-refractivity contribution is -0.192. The van der Waals surface area contributed by atoms with Crippen LogP contribution in [-0.2, 0) is 4.79 Å². The van der Waals surface area contributed by atoms with Crippen LogP contribution in [0.3, 0.4) is 0 Å². The van der Waals surface area contributed by atoms with E-state index in [9.17, 15) is 13.2 Å². The Bertz CT molecular complexity index is 655. The zero-order valence-corrected chi connectivity index (χ0v) is 12.5. The molecule has 0 radical (unpaired) electrons. The number of nitrogens with one attached hydrogen (secondary N) is 1. The normalized spacial score (nSPS) is 15.5. The van der Waals surface area contributed by atoms with Gasteiger partial charge in [-0.3, -0.25) is 4.98 Å². The summed E-state index contributed by atoms with van der Waals surface area (Å²) in [5.74, 6) is -1.11. The summed E-state index contributed by atoms with van der Waals surface area (Å²) in [6, 6.07) is 5.66. The van der Waals surface area contributed by atoms with E-state index in [4.69, 9.17) is 14.3 Å². The Balaban J connectivity index is 0.000000256. The molecule has 130 valence electrons. The van der Waals surface area contributed by atoms with E-state index in [-0.39, 0.29) is 0 Å². The third-order valence-electron chi connectivity index (χ3n) is 3.26. The summed E-state index contributed by atoms with van der Waals surface area (Å²) in [5, 5.41) is 18.6. The van der Waals surface area contributed by atoms with Crippen molar-refractivity contribution >= 4 is 5.97 Å². The Hall–Kier alpha value is -2.49. The molecule has 0 spiro atoms. The Kier molecular flexibility index (Phi) is 5.85. The van der Waals surface area contributed by atoms with Gasteiger partial charge in [-0.25, -0.2) is 4.79 Å². The molecule has 3 heterocycles. The first-order valence-electron chi connectivity index (χ1n) is 7.13. The first kappa shape index (κ1) is 17.9. The Labute approximate surface area is 134 Å². The third kappa shape index (κ3) is 5.01. The van der Waals surface area contributed by atoms with Gasteiger partial charge in [0, 0.05) is 12.1 Å². The van der Waals surface area contributed by atoms with Crippen molar-refractivity contribution in [1.82, 2.24) is 20.5 Å². The molecule has 0 atom stereocenters. The van der Waals surface area contributed by atoms with Gasteiger partial charge in [0.1, 0.15) is 5.69 Å². The molecule has 1 aliphatic rings. The molecule has 0 amide bonds. The summed E-state index contributed by atoms with van der Waals surface area (Å²) in [6.45, 7) is 2.04. The number of aromatic nitrogens is 3. The van der Waals surface area contributed by atoms with Crippen LogP contribution in [0.2, 0.25) is 0 Å². The largest absolute Gasteiger partial charge is 0.490 e. The highest BCUT2D eigenvalue weighted by Crippen LogP contribution is 2.26. The van der Waals surface area contributed by atoms with Crippen molar-refractivity contribution in [2.45, 2.75) is 24.9 Å². The summed E-state index contributed by atoms with van der Waals surface area (Å²) in [4.78, 5) is 13.1. The van der Waals surface area contributed by atoms with E-state index in [0.29, 0.717) is 11.8 Å². The molecule has 2 aromatic heterocycles. The van der Waals surface area contributed by atoms with Gasteiger partial charge in [0.15, 0.2) is 0 Å². The average Bonchev–Trinajstić information content (AvgIpc) is 3.06. The summed E-state index contributed by atoms with van der Waals surface area (Å²) in [6.07, 6.45) is -1.24. The number of nitrogens with zero attached hydrogens (tertiary/aromatic N) is 3. The van der Waals surface area contributed by atoms with E-state index >= 15 is 0 Å². The monoisotopic (exact) mass is 344 g/mol. The minimum absolute atomic E-state index is 0.390. The van der Waals surface area contributed by atoms with Gasteiger partial charge in [-0.2, -0.15) is 13.2 Å². The average molecular weight is 344 g/mol. The number of alkyl halides is 3. The maximum absolute atomic E-state index is 10.6. The van der Waals surface area contributed by atoms with Crippen molar-refractivity contribution in [1.29, 1.82) is 0 Å². The summed E-state index contributed by atoms with van der Waals surface area (Å²) in [5.41, 5.74) is 0.736. The smallest absolute Gasteiger partial charge is 0.475 e. The van der Waals surface area contributed by atoms with Gasteiger partial charge in [0.2, 0.25) is 5.89 Å². The lowest BCUT2D eigenvalue weighted by Gasteiger charge is -2.18. The van der Waals surface area contributed by atoms with Crippen molar-refractivity contribution < 1.29 is 27.5 Å². The molecule has 0 bridgehead atoms. The van der Waals surface area contributed by atoms with Gasteiger partial charge in [0.05, 0.1) is 0 Å². The fourth-order valence-electron chi connectivity index (χ4n) is 2.06. The molecule has 1 saturated heterocycles. The van der Waals surface area contributed by atoms with Crippen molar-refractivity contribution in [3.8, 4) is 11.6 Å². The number of carbonyl (C=O) groups is 1. The number of hydrogen-bond acceptors (Lipinski definition) is 6. The second kappa shape index (κ2) is 7.86. The van der Waals surface area contributed by atoms with Gasteiger partial charge >= 0.3 is 12.1 Å². The highest BCUT2D eigenvalue weighted by Gasteiger charge is 2.38. The van der Waals surface area contributed by atoms with Crippen LogP contribution in [0.25, 0.3) is 11.6 Å². The number of carboxylic acid groups (broad SMARTS) is 1. The van der Waals surface area contributed by atoms with E-state index in [0.717, 1.165) is 37.5 Å².